The fourth-order valence-corrected chi connectivity index (χ4v) is 4.08. The average Bonchev–Trinajstić information content (AvgIpc) is 2.71. The van der Waals surface area contributed by atoms with Crippen molar-refractivity contribution in [2.75, 3.05) is 46.9 Å². The fourth-order valence-electron chi connectivity index (χ4n) is 4.08. The SMILES string of the molecule is COc1cc2c(cc1OC)CN(CCNC(=O)CCC1CCNCC1)CC2. The van der Waals surface area contributed by atoms with E-state index in [1.165, 1.54) is 24.0 Å². The van der Waals surface area contributed by atoms with E-state index in [-0.39, 0.29) is 5.91 Å². The maximum absolute atomic E-state index is 12.1. The minimum atomic E-state index is 0.192. The van der Waals surface area contributed by atoms with Crippen LogP contribution in [-0.2, 0) is 17.8 Å². The van der Waals surface area contributed by atoms with Crippen LogP contribution in [0.25, 0.3) is 0 Å². The zero-order valence-electron chi connectivity index (χ0n) is 16.7. The molecular formula is C21H33N3O3. The molecular weight excluding hydrogens is 342 g/mol. The van der Waals surface area contributed by atoms with Crippen molar-refractivity contribution in [3.8, 4) is 11.5 Å². The number of hydrogen-bond acceptors (Lipinski definition) is 5. The van der Waals surface area contributed by atoms with Gasteiger partial charge >= 0.3 is 0 Å². The van der Waals surface area contributed by atoms with Gasteiger partial charge in [0.15, 0.2) is 11.5 Å². The van der Waals surface area contributed by atoms with Gasteiger partial charge < -0.3 is 20.1 Å². The van der Waals surface area contributed by atoms with Gasteiger partial charge in [0.2, 0.25) is 5.91 Å². The summed E-state index contributed by atoms with van der Waals surface area (Å²) >= 11 is 0. The van der Waals surface area contributed by atoms with Crippen LogP contribution in [0, 0.1) is 5.92 Å². The highest BCUT2D eigenvalue weighted by molar-refractivity contribution is 5.75. The van der Waals surface area contributed by atoms with Crippen molar-refractivity contribution in [3.63, 3.8) is 0 Å². The molecule has 0 saturated carbocycles. The maximum Gasteiger partial charge on any atom is 0.220 e. The zero-order valence-corrected chi connectivity index (χ0v) is 16.7. The van der Waals surface area contributed by atoms with E-state index in [2.05, 4.69) is 27.7 Å². The third-order valence-corrected chi connectivity index (χ3v) is 5.79. The molecule has 0 aromatic heterocycles. The Morgan fingerprint density at radius 3 is 2.59 bits per heavy atom. The summed E-state index contributed by atoms with van der Waals surface area (Å²) < 4.78 is 10.8. The van der Waals surface area contributed by atoms with E-state index in [1.54, 1.807) is 14.2 Å². The van der Waals surface area contributed by atoms with E-state index in [0.717, 1.165) is 57.1 Å². The lowest BCUT2D eigenvalue weighted by atomic mass is 9.93. The molecule has 1 saturated heterocycles. The molecule has 6 nitrogen and oxygen atoms in total. The highest BCUT2D eigenvalue weighted by Gasteiger charge is 2.19. The van der Waals surface area contributed by atoms with E-state index in [9.17, 15) is 4.79 Å². The molecule has 0 atom stereocenters. The summed E-state index contributed by atoms with van der Waals surface area (Å²) in [4.78, 5) is 14.5. The van der Waals surface area contributed by atoms with Crippen LogP contribution in [0.4, 0.5) is 0 Å². The number of carbonyl (C=O) groups excluding carboxylic acids is 1. The topological polar surface area (TPSA) is 62.8 Å². The normalized spacial score (nSPS) is 18.0. The first-order chi connectivity index (χ1) is 13.2. The van der Waals surface area contributed by atoms with E-state index in [1.807, 2.05) is 0 Å². The van der Waals surface area contributed by atoms with Crippen LogP contribution >= 0.6 is 0 Å². The van der Waals surface area contributed by atoms with Gasteiger partial charge in [-0.05, 0) is 68.0 Å². The molecule has 1 amide bonds. The second-order valence-electron chi connectivity index (χ2n) is 7.58. The van der Waals surface area contributed by atoms with Gasteiger partial charge in [-0.3, -0.25) is 9.69 Å². The molecule has 0 unspecified atom stereocenters. The molecule has 2 aliphatic rings. The predicted molar refractivity (Wildman–Crippen MR) is 106 cm³/mol. The molecule has 1 fully saturated rings. The van der Waals surface area contributed by atoms with Crippen molar-refractivity contribution in [3.05, 3.63) is 23.3 Å². The van der Waals surface area contributed by atoms with Crippen molar-refractivity contribution >= 4 is 5.91 Å². The Hall–Kier alpha value is -1.79. The third-order valence-electron chi connectivity index (χ3n) is 5.79. The summed E-state index contributed by atoms with van der Waals surface area (Å²) in [5, 5.41) is 6.47. The van der Waals surface area contributed by atoms with Crippen LogP contribution in [0.5, 0.6) is 11.5 Å². The van der Waals surface area contributed by atoms with Crippen LogP contribution in [-0.4, -0.2) is 57.8 Å². The van der Waals surface area contributed by atoms with Gasteiger partial charge in [-0.1, -0.05) is 0 Å². The second-order valence-corrected chi connectivity index (χ2v) is 7.58. The number of hydrogen-bond donors (Lipinski definition) is 2. The van der Waals surface area contributed by atoms with Crippen LogP contribution in [0.15, 0.2) is 12.1 Å². The Kier molecular flexibility index (Phi) is 7.35. The van der Waals surface area contributed by atoms with Crippen molar-refractivity contribution in [1.29, 1.82) is 0 Å². The van der Waals surface area contributed by atoms with Gasteiger partial charge in [-0.2, -0.15) is 0 Å². The number of methoxy groups -OCH3 is 2. The largest absolute Gasteiger partial charge is 0.493 e. The van der Waals surface area contributed by atoms with Gasteiger partial charge in [0.05, 0.1) is 14.2 Å². The molecule has 3 rings (SSSR count). The molecule has 150 valence electrons. The predicted octanol–water partition coefficient (Wildman–Crippen LogP) is 1.96. The number of benzene rings is 1. The lowest BCUT2D eigenvalue weighted by molar-refractivity contribution is -0.121. The van der Waals surface area contributed by atoms with Crippen LogP contribution in [0.3, 0.4) is 0 Å². The molecule has 0 bridgehead atoms. The van der Waals surface area contributed by atoms with E-state index < -0.39 is 0 Å². The van der Waals surface area contributed by atoms with Gasteiger partial charge in [-0.15, -0.1) is 0 Å². The van der Waals surface area contributed by atoms with Gasteiger partial charge in [-0.25, -0.2) is 0 Å². The number of nitrogens with zero attached hydrogens (tertiary/aromatic N) is 1. The molecule has 27 heavy (non-hydrogen) atoms. The van der Waals surface area contributed by atoms with E-state index >= 15 is 0 Å². The van der Waals surface area contributed by atoms with Crippen molar-refractivity contribution < 1.29 is 14.3 Å². The molecule has 2 heterocycles. The highest BCUT2D eigenvalue weighted by Crippen LogP contribution is 2.33. The van der Waals surface area contributed by atoms with Crippen molar-refractivity contribution in [2.24, 2.45) is 5.92 Å². The second kappa shape index (κ2) is 9.95. The average molecular weight is 376 g/mol. The molecule has 1 aromatic carbocycles. The highest BCUT2D eigenvalue weighted by atomic mass is 16.5. The van der Waals surface area contributed by atoms with Crippen molar-refractivity contribution in [2.45, 2.75) is 38.6 Å². The Bertz CT molecular complexity index is 629. The summed E-state index contributed by atoms with van der Waals surface area (Å²) in [6.07, 6.45) is 5.08. The molecule has 0 spiro atoms. The first kappa shape index (κ1) is 20.0. The summed E-state index contributed by atoms with van der Waals surface area (Å²) in [5.74, 6) is 2.48. The Morgan fingerprint density at radius 2 is 1.89 bits per heavy atom. The van der Waals surface area contributed by atoms with Crippen molar-refractivity contribution in [1.82, 2.24) is 15.5 Å². The van der Waals surface area contributed by atoms with Crippen LogP contribution in [0.2, 0.25) is 0 Å². The quantitative estimate of drug-likeness (QED) is 0.727. The lowest BCUT2D eigenvalue weighted by Crippen LogP contribution is -2.38. The lowest BCUT2D eigenvalue weighted by Gasteiger charge is -2.29. The summed E-state index contributed by atoms with van der Waals surface area (Å²) in [5.41, 5.74) is 2.62. The molecule has 0 radical (unpaired) electrons. The maximum atomic E-state index is 12.1. The van der Waals surface area contributed by atoms with E-state index in [0.29, 0.717) is 18.9 Å². The minimum absolute atomic E-state index is 0.192. The first-order valence-electron chi connectivity index (χ1n) is 10.1. The first-order valence-corrected chi connectivity index (χ1v) is 10.1. The van der Waals surface area contributed by atoms with Crippen LogP contribution < -0.4 is 20.1 Å². The van der Waals surface area contributed by atoms with Gasteiger partial charge in [0.1, 0.15) is 0 Å². The number of rotatable bonds is 8. The number of piperidine rings is 1. The molecule has 1 aromatic rings. The smallest absolute Gasteiger partial charge is 0.220 e. The Labute approximate surface area is 162 Å². The molecule has 6 heteroatoms. The Balaban J connectivity index is 1.40. The number of amides is 1. The standard InChI is InChI=1S/C21H33N3O3/c1-26-19-13-17-7-11-24(15-18(17)14-20(19)27-2)12-10-23-21(25)4-3-16-5-8-22-9-6-16/h13-14,16,22H,3-12,15H2,1-2H3,(H,23,25). The Morgan fingerprint density at radius 1 is 1.19 bits per heavy atom. The third kappa shape index (κ3) is 5.59. The van der Waals surface area contributed by atoms with E-state index in [4.69, 9.17) is 9.47 Å². The monoisotopic (exact) mass is 375 g/mol. The minimum Gasteiger partial charge on any atom is -0.493 e. The molecule has 0 aliphatic carbocycles. The van der Waals surface area contributed by atoms with Crippen LogP contribution in [0.1, 0.15) is 36.8 Å². The number of fused-ring (bicyclic) bond motifs is 1. The van der Waals surface area contributed by atoms with Gasteiger partial charge in [0, 0.05) is 32.6 Å². The number of ether oxygens (including phenoxy) is 2. The fraction of sp³-hybridized carbons (Fsp3) is 0.667. The molecule has 2 aliphatic heterocycles. The summed E-state index contributed by atoms with van der Waals surface area (Å²) in [6, 6.07) is 4.17. The van der Waals surface area contributed by atoms with Gasteiger partial charge in [0.25, 0.3) is 0 Å². The zero-order chi connectivity index (χ0) is 19.1. The summed E-state index contributed by atoms with van der Waals surface area (Å²) in [7, 11) is 3.34. The summed E-state index contributed by atoms with van der Waals surface area (Å²) in [6.45, 7) is 5.69. The molecule has 2 N–H and O–H groups in total. The number of carbonyl (C=O) groups is 1. The number of nitrogens with one attached hydrogen (secondary N) is 2.